The van der Waals surface area contributed by atoms with Crippen LogP contribution in [0.4, 0.5) is 8.78 Å². The number of aliphatic hydroxyl groups excluding tert-OH is 1. The lowest BCUT2D eigenvalue weighted by atomic mass is 10.0. The third kappa shape index (κ3) is 7.88. The van der Waals surface area contributed by atoms with Crippen LogP contribution in [0.5, 0.6) is 11.5 Å². The second-order valence-corrected chi connectivity index (χ2v) is 12.1. The van der Waals surface area contributed by atoms with Gasteiger partial charge in [-0.05, 0) is 42.7 Å². The Morgan fingerprint density at radius 1 is 1.07 bits per heavy atom. The summed E-state index contributed by atoms with van der Waals surface area (Å²) in [5, 5.41) is 12.8. The maximum Gasteiger partial charge on any atom is 0.323 e. The van der Waals surface area contributed by atoms with E-state index in [1.165, 1.54) is 42.8 Å². The lowest BCUT2D eigenvalue weighted by molar-refractivity contribution is -0.145. The number of rotatable bonds is 12. The number of β-amino-alcohol motifs (C(OH)–C–C–N with tert-alkyl or cyclic N) is 1. The molecule has 3 heterocycles. The zero-order valence-electron chi connectivity index (χ0n) is 24.8. The quantitative estimate of drug-likeness (QED) is 0.169. The summed E-state index contributed by atoms with van der Waals surface area (Å²) in [7, 11) is 1.32. The highest BCUT2D eigenvalue weighted by molar-refractivity contribution is 7.21. The Labute approximate surface area is 262 Å². The molecule has 2 N–H and O–H groups in total. The van der Waals surface area contributed by atoms with Gasteiger partial charge in [-0.1, -0.05) is 23.8 Å². The summed E-state index contributed by atoms with van der Waals surface area (Å²) in [5.74, 6) is -1.48. The number of ether oxygens (including phenoxy) is 2. The number of esters is 1. The molecular weight excluding hydrogens is 604 g/mol. The molecule has 5 rings (SSSR count). The van der Waals surface area contributed by atoms with Crippen LogP contribution in [-0.2, 0) is 27.2 Å². The molecule has 1 fully saturated rings. The molecule has 1 saturated heterocycles. The van der Waals surface area contributed by atoms with E-state index in [0.717, 1.165) is 5.56 Å². The number of halogens is 2. The number of carbonyl (C=O) groups excluding carboxylic acids is 3. The van der Waals surface area contributed by atoms with Crippen molar-refractivity contribution in [2.45, 2.75) is 44.8 Å². The number of aliphatic hydroxyl groups is 1. The van der Waals surface area contributed by atoms with Crippen LogP contribution in [0.3, 0.4) is 0 Å². The number of thiophene rings is 1. The van der Waals surface area contributed by atoms with Crippen LogP contribution in [0.15, 0.2) is 54.7 Å². The topological polar surface area (TPSA) is 118 Å². The molecule has 0 saturated carbocycles. The summed E-state index contributed by atoms with van der Waals surface area (Å²) in [6, 6.07) is 11.5. The van der Waals surface area contributed by atoms with Crippen molar-refractivity contribution in [3.8, 4) is 11.5 Å². The summed E-state index contributed by atoms with van der Waals surface area (Å²) >= 11 is 1.19. The number of hydrogen-bond donors (Lipinski definition) is 2. The summed E-state index contributed by atoms with van der Waals surface area (Å²) in [4.78, 5) is 44.0. The smallest absolute Gasteiger partial charge is 0.323 e. The molecule has 2 aromatic carbocycles. The van der Waals surface area contributed by atoms with E-state index in [-0.39, 0.29) is 47.4 Å². The number of nitrogens with zero attached hydrogens (tertiary/aromatic N) is 2. The highest BCUT2D eigenvalue weighted by Gasteiger charge is 2.36. The normalized spacial score (nSPS) is 16.6. The fourth-order valence-electron chi connectivity index (χ4n) is 5.37. The van der Waals surface area contributed by atoms with Gasteiger partial charge in [-0.2, -0.15) is 0 Å². The van der Waals surface area contributed by atoms with Gasteiger partial charge in [0.25, 0.3) is 5.91 Å². The Morgan fingerprint density at radius 3 is 2.64 bits per heavy atom. The van der Waals surface area contributed by atoms with Crippen molar-refractivity contribution in [2.75, 3.05) is 26.7 Å². The Hall–Kier alpha value is -4.26. The molecule has 1 aliphatic rings. The van der Waals surface area contributed by atoms with Crippen LogP contribution in [0.1, 0.15) is 39.2 Å². The number of aromatic nitrogens is 1. The Kier molecular flexibility index (Phi) is 10.2. The Morgan fingerprint density at radius 2 is 1.87 bits per heavy atom. The maximum absolute atomic E-state index is 15.0. The number of pyridine rings is 1. The fourth-order valence-corrected chi connectivity index (χ4v) is 6.36. The molecule has 12 heteroatoms. The highest BCUT2D eigenvalue weighted by atomic mass is 32.1. The van der Waals surface area contributed by atoms with E-state index in [1.807, 2.05) is 11.8 Å². The second kappa shape index (κ2) is 14.2. The predicted molar refractivity (Wildman–Crippen MR) is 165 cm³/mol. The largest absolute Gasteiger partial charge is 0.468 e. The Balaban J connectivity index is 1.18. The molecule has 4 aromatic rings. The van der Waals surface area contributed by atoms with Gasteiger partial charge in [-0.25, -0.2) is 8.78 Å². The molecule has 0 bridgehead atoms. The maximum atomic E-state index is 15.0. The molecule has 2 atom stereocenters. The van der Waals surface area contributed by atoms with E-state index in [0.29, 0.717) is 53.3 Å². The van der Waals surface area contributed by atoms with E-state index in [9.17, 15) is 28.3 Å². The number of nitrogens with one attached hydrogen (secondary N) is 1. The fraction of sp³-hybridized carbons (Fsp3) is 0.333. The number of hydrogen-bond acceptors (Lipinski definition) is 9. The van der Waals surface area contributed by atoms with Crippen LogP contribution < -0.4 is 10.1 Å². The van der Waals surface area contributed by atoms with E-state index in [2.05, 4.69) is 10.3 Å². The molecule has 0 spiro atoms. The van der Waals surface area contributed by atoms with Gasteiger partial charge in [-0.3, -0.25) is 24.3 Å². The average molecular weight is 638 g/mol. The van der Waals surface area contributed by atoms with Gasteiger partial charge in [0, 0.05) is 57.2 Å². The van der Waals surface area contributed by atoms with Crippen molar-refractivity contribution in [1.82, 2.24) is 15.2 Å². The minimum atomic E-state index is -0.622. The molecule has 1 aliphatic heterocycles. The summed E-state index contributed by atoms with van der Waals surface area (Å²) < 4.78 is 40.4. The van der Waals surface area contributed by atoms with E-state index in [4.69, 9.17) is 9.47 Å². The standard InChI is InChI=1S/C33H33F2N3O6S/c1-19-4-7-25(34)21(12-19)14-22(39)13-20-5-6-24(16-26(20)35)44-29-8-10-36-27-17-30(45-31(27)29)32(41)37-9-3-11-38-18-23(40)15-28(38)33(42)43-2/h4-8,10,12,16-17,23,28,40H,3,9,11,13-15,18H2,1-2H3,(H,37,41)/t23-,28+/m1/s1. The first-order valence-corrected chi connectivity index (χ1v) is 15.3. The predicted octanol–water partition coefficient (Wildman–Crippen LogP) is 4.76. The van der Waals surface area contributed by atoms with Gasteiger partial charge in [0.05, 0.1) is 28.3 Å². The molecular formula is C33H33F2N3O6S. The molecule has 9 nitrogen and oxygen atoms in total. The van der Waals surface area contributed by atoms with Crippen molar-refractivity contribution < 1.29 is 37.7 Å². The van der Waals surface area contributed by atoms with Gasteiger partial charge < -0.3 is 19.9 Å². The van der Waals surface area contributed by atoms with Crippen molar-refractivity contribution in [1.29, 1.82) is 0 Å². The van der Waals surface area contributed by atoms with Crippen LogP contribution in [-0.4, -0.2) is 71.5 Å². The van der Waals surface area contributed by atoms with Crippen LogP contribution in [0.25, 0.3) is 10.2 Å². The van der Waals surface area contributed by atoms with Crippen LogP contribution in [0, 0.1) is 18.6 Å². The number of Topliss-reactive ketones (excluding diaryl/α,β-unsaturated/α-hetero) is 1. The van der Waals surface area contributed by atoms with Gasteiger partial charge in [0.1, 0.15) is 35.0 Å². The first-order chi connectivity index (χ1) is 21.6. The number of ketones is 1. The number of aryl methyl sites for hydroxylation is 1. The summed E-state index contributed by atoms with van der Waals surface area (Å²) in [5.41, 5.74) is 1.84. The third-order valence-corrected chi connectivity index (χ3v) is 8.73. The molecule has 0 radical (unpaired) electrons. The molecule has 45 heavy (non-hydrogen) atoms. The molecule has 2 aromatic heterocycles. The minimum Gasteiger partial charge on any atom is -0.468 e. The van der Waals surface area contributed by atoms with E-state index >= 15 is 0 Å². The van der Waals surface area contributed by atoms with Crippen molar-refractivity contribution in [3.63, 3.8) is 0 Å². The lowest BCUT2D eigenvalue weighted by Gasteiger charge is -2.21. The molecule has 1 amide bonds. The molecule has 0 unspecified atom stereocenters. The third-order valence-electron chi connectivity index (χ3n) is 7.59. The highest BCUT2D eigenvalue weighted by Crippen LogP contribution is 2.35. The molecule has 236 valence electrons. The van der Waals surface area contributed by atoms with Gasteiger partial charge in [-0.15, -0.1) is 11.3 Å². The molecule has 0 aliphatic carbocycles. The SMILES string of the molecule is COC(=O)[C@@H]1C[C@@H](O)CN1CCCNC(=O)c1cc2nccc(Oc3ccc(CC(=O)Cc4cc(C)ccc4F)c(F)c3)c2s1. The minimum absolute atomic E-state index is 0.132. The van der Waals surface area contributed by atoms with Crippen molar-refractivity contribution >= 4 is 39.2 Å². The van der Waals surface area contributed by atoms with E-state index in [1.54, 1.807) is 30.3 Å². The average Bonchev–Trinajstić information content (AvgIpc) is 3.62. The summed E-state index contributed by atoms with van der Waals surface area (Å²) in [6.45, 7) is 3.05. The number of likely N-dealkylation sites (tertiary alicyclic amines) is 1. The number of amides is 1. The van der Waals surface area contributed by atoms with Crippen molar-refractivity contribution in [3.05, 3.63) is 87.9 Å². The monoisotopic (exact) mass is 637 g/mol. The van der Waals surface area contributed by atoms with Gasteiger partial charge in [0.15, 0.2) is 0 Å². The van der Waals surface area contributed by atoms with Crippen molar-refractivity contribution in [2.24, 2.45) is 0 Å². The van der Waals surface area contributed by atoms with Crippen LogP contribution in [0.2, 0.25) is 0 Å². The number of benzene rings is 2. The first kappa shape index (κ1) is 32.1. The Bertz CT molecular complexity index is 1730. The van der Waals surface area contributed by atoms with Crippen LogP contribution >= 0.6 is 11.3 Å². The zero-order valence-corrected chi connectivity index (χ0v) is 25.7. The zero-order chi connectivity index (χ0) is 32.1. The number of carbonyl (C=O) groups is 3. The first-order valence-electron chi connectivity index (χ1n) is 14.5. The lowest BCUT2D eigenvalue weighted by Crippen LogP contribution is -2.38. The van der Waals surface area contributed by atoms with E-state index < -0.39 is 23.8 Å². The second-order valence-electron chi connectivity index (χ2n) is 11.0. The number of fused-ring (bicyclic) bond motifs is 1. The van der Waals surface area contributed by atoms with Gasteiger partial charge in [0.2, 0.25) is 0 Å². The number of methoxy groups -OCH3 is 1. The summed E-state index contributed by atoms with van der Waals surface area (Å²) in [6.07, 6.45) is 1.51. The van der Waals surface area contributed by atoms with Gasteiger partial charge >= 0.3 is 5.97 Å².